The molecule has 0 fully saturated rings. The van der Waals surface area contributed by atoms with Gasteiger partial charge in [-0.15, -0.1) is 0 Å². The van der Waals surface area contributed by atoms with Crippen LogP contribution in [0.2, 0.25) is 0 Å². The Balaban J connectivity index is -0.000000366. The van der Waals surface area contributed by atoms with E-state index in [-0.39, 0.29) is 16.3 Å². The first-order valence-corrected chi connectivity index (χ1v) is 7.39. The SMILES string of the molecule is B.CC(C)(C)P(C(C)(C)C)C(C)(C)C.F[B-](F)(F)F. The topological polar surface area (TPSA) is 0 Å². The molecule has 0 aliphatic carbocycles. The second-order valence-electron chi connectivity index (χ2n) is 7.34. The molecule has 0 amide bonds. The van der Waals surface area contributed by atoms with Gasteiger partial charge in [0.05, 0.1) is 8.41 Å². The van der Waals surface area contributed by atoms with Gasteiger partial charge in [0, 0.05) is 0 Å². The molecule has 19 heavy (non-hydrogen) atoms. The quantitative estimate of drug-likeness (QED) is 0.336. The van der Waals surface area contributed by atoms with Crippen LogP contribution in [0, 0.1) is 0 Å². The smallest absolute Gasteiger partial charge is 0.418 e. The largest absolute Gasteiger partial charge is 0.673 e. The molecular weight excluding hydrogens is 273 g/mol. The summed E-state index contributed by atoms with van der Waals surface area (Å²) in [6, 6.07) is 0. The van der Waals surface area contributed by atoms with E-state index in [2.05, 4.69) is 62.3 Å². The zero-order valence-corrected chi connectivity index (χ0v) is 13.9. The van der Waals surface area contributed by atoms with Gasteiger partial charge in [-0.25, -0.2) is 0 Å². The van der Waals surface area contributed by atoms with E-state index >= 15 is 0 Å². The van der Waals surface area contributed by atoms with Crippen molar-refractivity contribution in [1.29, 1.82) is 0 Å². The van der Waals surface area contributed by atoms with Gasteiger partial charge in [0.15, 0.2) is 0 Å². The molecule has 118 valence electrons. The van der Waals surface area contributed by atoms with Crippen molar-refractivity contribution in [2.75, 3.05) is 0 Å². The number of hydrogen-bond donors (Lipinski definition) is 0. The Hall–Kier alpha value is 0.280. The van der Waals surface area contributed by atoms with Crippen LogP contribution in [0.5, 0.6) is 0 Å². The summed E-state index contributed by atoms with van der Waals surface area (Å²) in [4.78, 5) is 0. The van der Waals surface area contributed by atoms with E-state index < -0.39 is 7.25 Å². The highest BCUT2D eigenvalue weighted by atomic mass is 31.1. The number of halogens is 4. The molecule has 0 bridgehead atoms. The average Bonchev–Trinajstić information content (AvgIpc) is 1.65. The van der Waals surface area contributed by atoms with Crippen LogP contribution >= 0.6 is 7.92 Å². The highest BCUT2D eigenvalue weighted by molar-refractivity contribution is 7.62. The molecule has 0 saturated carbocycles. The zero-order chi connectivity index (χ0) is 15.6. The first kappa shape index (κ1) is 24.3. The van der Waals surface area contributed by atoms with Crippen molar-refractivity contribution in [3.8, 4) is 0 Å². The molecule has 0 atom stereocenters. The summed E-state index contributed by atoms with van der Waals surface area (Å²) >= 11 is 0. The maximum Gasteiger partial charge on any atom is 0.673 e. The summed E-state index contributed by atoms with van der Waals surface area (Å²) < 4.78 is 39.0. The van der Waals surface area contributed by atoms with Gasteiger partial charge in [0.25, 0.3) is 0 Å². The van der Waals surface area contributed by atoms with Crippen molar-refractivity contribution in [2.24, 2.45) is 0 Å². The molecule has 0 heterocycles. The van der Waals surface area contributed by atoms with Gasteiger partial charge in [0.1, 0.15) is 0 Å². The van der Waals surface area contributed by atoms with Gasteiger partial charge < -0.3 is 17.3 Å². The molecule has 0 aromatic heterocycles. The van der Waals surface area contributed by atoms with Crippen molar-refractivity contribution < 1.29 is 17.3 Å². The third kappa shape index (κ3) is 14.5. The van der Waals surface area contributed by atoms with Crippen LogP contribution in [-0.4, -0.2) is 31.1 Å². The highest BCUT2D eigenvalue weighted by Gasteiger charge is 2.41. The van der Waals surface area contributed by atoms with Crippen LogP contribution in [0.25, 0.3) is 0 Å². The molecule has 0 rings (SSSR count). The summed E-state index contributed by atoms with van der Waals surface area (Å²) in [5.74, 6) is 0. The van der Waals surface area contributed by atoms with Crippen LogP contribution in [0.3, 0.4) is 0 Å². The molecule has 0 aromatic carbocycles. The Morgan fingerprint density at radius 2 is 0.684 bits per heavy atom. The van der Waals surface area contributed by atoms with Crippen molar-refractivity contribution in [2.45, 2.75) is 77.8 Å². The molecule has 0 aliphatic heterocycles. The maximum atomic E-state index is 9.75. The molecule has 0 saturated heterocycles. The molecule has 0 nitrogen and oxygen atoms in total. The predicted octanol–water partition coefficient (Wildman–Crippen LogP) is 4.98. The van der Waals surface area contributed by atoms with Gasteiger partial charge in [-0.1, -0.05) is 70.2 Å². The summed E-state index contributed by atoms with van der Waals surface area (Å²) in [7, 11) is -5.98. The van der Waals surface area contributed by atoms with E-state index in [4.69, 9.17) is 0 Å². The van der Waals surface area contributed by atoms with Gasteiger partial charge in [-0.3, -0.25) is 0 Å². The lowest BCUT2D eigenvalue weighted by Gasteiger charge is -2.49. The first-order chi connectivity index (χ1) is 7.37. The summed E-state index contributed by atoms with van der Waals surface area (Å²) in [6.07, 6.45) is 0. The summed E-state index contributed by atoms with van der Waals surface area (Å²) in [5.41, 5.74) is 0. The third-order valence-corrected chi connectivity index (χ3v) is 6.04. The van der Waals surface area contributed by atoms with Crippen molar-refractivity contribution in [1.82, 2.24) is 0 Å². The van der Waals surface area contributed by atoms with Gasteiger partial charge in [-0.2, -0.15) is 0 Å². The lowest BCUT2D eigenvalue weighted by molar-refractivity contribution is 0.368. The van der Waals surface area contributed by atoms with Crippen LogP contribution in [0.4, 0.5) is 17.3 Å². The highest BCUT2D eigenvalue weighted by Crippen LogP contribution is 2.66. The molecule has 0 aromatic rings. The molecule has 7 heteroatoms. The fourth-order valence-electron chi connectivity index (χ4n) is 3.02. The standard InChI is InChI=1S/C12H27P.BF4.BH3/c1-10(2,3)13(11(4,5)6)12(7,8)9;2-1(3,4)5;/h1-9H3;;1H3/q;-1;. The Morgan fingerprint density at radius 3 is 0.684 bits per heavy atom. The minimum absolute atomic E-state index is 0. The predicted molar refractivity (Wildman–Crippen MR) is 86.3 cm³/mol. The van der Waals surface area contributed by atoms with Crippen molar-refractivity contribution in [3.05, 3.63) is 0 Å². The monoisotopic (exact) mass is 303 g/mol. The normalized spacial score (nSPS) is 13.6. The van der Waals surface area contributed by atoms with Gasteiger partial charge >= 0.3 is 7.25 Å². The van der Waals surface area contributed by atoms with E-state index in [9.17, 15) is 17.3 Å². The van der Waals surface area contributed by atoms with Gasteiger partial charge in [-0.05, 0) is 15.5 Å². The lowest BCUT2D eigenvalue weighted by Crippen LogP contribution is -2.34. The second kappa shape index (κ2) is 7.33. The van der Waals surface area contributed by atoms with Crippen LogP contribution < -0.4 is 0 Å². The summed E-state index contributed by atoms with van der Waals surface area (Å²) in [6.45, 7) is 21.5. The Labute approximate surface area is 119 Å². The Morgan fingerprint density at radius 1 is 0.579 bits per heavy atom. The summed E-state index contributed by atoms with van der Waals surface area (Å²) in [5, 5.41) is 1.35. The second-order valence-corrected chi connectivity index (χ2v) is 12.0. The third-order valence-electron chi connectivity index (χ3n) is 2.01. The number of hydrogen-bond acceptors (Lipinski definition) is 0. The van der Waals surface area contributed by atoms with E-state index in [1.54, 1.807) is 0 Å². The molecule has 0 aliphatic rings. The molecule has 0 radical (unpaired) electrons. The van der Waals surface area contributed by atoms with Crippen molar-refractivity contribution in [3.63, 3.8) is 0 Å². The van der Waals surface area contributed by atoms with Gasteiger partial charge in [0.2, 0.25) is 0 Å². The maximum absolute atomic E-state index is 9.75. The van der Waals surface area contributed by atoms with Crippen LogP contribution in [-0.2, 0) is 0 Å². The lowest BCUT2D eigenvalue weighted by atomic mass is 10.2. The average molecular weight is 303 g/mol. The first-order valence-electron chi connectivity index (χ1n) is 6.04. The number of rotatable bonds is 0. The molecule has 0 N–H and O–H groups in total. The van der Waals surface area contributed by atoms with Crippen molar-refractivity contribution >= 4 is 23.6 Å². The Bertz CT molecular complexity index is 207. The van der Waals surface area contributed by atoms with Crippen LogP contribution in [0.1, 0.15) is 62.3 Å². The van der Waals surface area contributed by atoms with E-state index in [0.717, 1.165) is 0 Å². The Kier molecular flexibility index (Phi) is 9.38. The fraction of sp³-hybridized carbons (Fsp3) is 1.00. The minimum Gasteiger partial charge on any atom is -0.418 e. The zero-order valence-electron chi connectivity index (χ0n) is 13.0. The minimum atomic E-state index is -6.00. The van der Waals surface area contributed by atoms with E-state index in [1.165, 1.54) is 0 Å². The van der Waals surface area contributed by atoms with Crippen LogP contribution in [0.15, 0.2) is 0 Å². The molecular formula is C12H30B2F4P-. The molecule has 0 spiro atoms. The fourth-order valence-corrected chi connectivity index (χ4v) is 9.06. The molecule has 0 unspecified atom stereocenters. The van der Waals surface area contributed by atoms with E-state index in [0.29, 0.717) is 15.5 Å². The van der Waals surface area contributed by atoms with E-state index in [1.807, 2.05) is 0 Å².